The van der Waals surface area contributed by atoms with Gasteiger partial charge in [0.25, 0.3) is 0 Å². The molecule has 3 aliphatic rings. The molecule has 2 fully saturated rings. The number of ketones is 1. The Morgan fingerprint density at radius 1 is 1.37 bits per heavy atom. The van der Waals surface area contributed by atoms with E-state index < -0.39 is 11.5 Å². The second kappa shape index (κ2) is 3.92. The van der Waals surface area contributed by atoms with Crippen LogP contribution < -0.4 is 0 Å². The molecule has 4 nitrogen and oxygen atoms in total. The maximum absolute atomic E-state index is 12.2. The Morgan fingerprint density at radius 3 is 2.74 bits per heavy atom. The number of aliphatic hydroxyl groups excluding tert-OH is 1. The smallest absolute Gasteiger partial charge is 0.309 e. The first-order chi connectivity index (χ1) is 8.87. The van der Waals surface area contributed by atoms with Crippen molar-refractivity contribution < 1.29 is 19.4 Å². The van der Waals surface area contributed by atoms with Crippen LogP contribution in [0.25, 0.3) is 0 Å². The van der Waals surface area contributed by atoms with Gasteiger partial charge in [0.15, 0.2) is 5.78 Å². The summed E-state index contributed by atoms with van der Waals surface area (Å²) in [6.45, 7) is 5.69. The minimum Gasteiger partial charge on any atom is -0.462 e. The predicted molar refractivity (Wildman–Crippen MR) is 68.1 cm³/mol. The van der Waals surface area contributed by atoms with Crippen LogP contribution in [0.15, 0.2) is 12.2 Å². The number of carbonyl (C=O) groups excluding carboxylic acids is 2. The molecule has 0 bridgehead atoms. The van der Waals surface area contributed by atoms with E-state index in [9.17, 15) is 14.7 Å². The fourth-order valence-electron chi connectivity index (χ4n) is 4.27. The molecule has 1 heterocycles. The second-order valence-electron chi connectivity index (χ2n) is 6.53. The van der Waals surface area contributed by atoms with Crippen LogP contribution in [0.1, 0.15) is 27.2 Å². The van der Waals surface area contributed by atoms with E-state index in [1.165, 1.54) is 0 Å². The van der Waals surface area contributed by atoms with Gasteiger partial charge in [-0.25, -0.2) is 0 Å². The summed E-state index contributed by atoms with van der Waals surface area (Å²) < 4.78 is 5.41. The summed E-state index contributed by atoms with van der Waals surface area (Å²) in [5.41, 5.74) is -0.804. The molecular formula is C15H20O4. The topological polar surface area (TPSA) is 63.6 Å². The number of aliphatic hydroxyl groups is 1. The van der Waals surface area contributed by atoms with Gasteiger partial charge in [-0.2, -0.15) is 0 Å². The monoisotopic (exact) mass is 264 g/mol. The van der Waals surface area contributed by atoms with Crippen LogP contribution in [0.2, 0.25) is 0 Å². The lowest BCUT2D eigenvalue weighted by Crippen LogP contribution is -2.47. The average Bonchev–Trinajstić information content (AvgIpc) is 2.77. The van der Waals surface area contributed by atoms with Gasteiger partial charge in [0, 0.05) is 5.92 Å². The third kappa shape index (κ3) is 1.49. The summed E-state index contributed by atoms with van der Waals surface area (Å²) in [5, 5.41) is 10.8. The first-order valence-electron chi connectivity index (χ1n) is 6.98. The average molecular weight is 264 g/mol. The molecule has 0 spiro atoms. The molecule has 0 aromatic carbocycles. The molecule has 1 N–H and O–H groups in total. The molecule has 1 saturated heterocycles. The molecule has 0 unspecified atom stereocenters. The summed E-state index contributed by atoms with van der Waals surface area (Å²) in [4.78, 5) is 24.0. The Bertz CT molecular complexity index is 469. The standard InChI is InChI=1S/C15H20O4/c1-7-6-10-12(8(2)14(18)19-10)13(17)15(3)9(7)4-5-11(15)16/h4-5,7-10,12-13,17H,6H2,1-3H3/t7-,8-,9+,10+,12+,13-,15-/m0/s1. The second-order valence-corrected chi connectivity index (χ2v) is 6.53. The van der Waals surface area contributed by atoms with Crippen LogP contribution in [0.4, 0.5) is 0 Å². The molecule has 2 aliphatic carbocycles. The Morgan fingerprint density at radius 2 is 2.05 bits per heavy atom. The van der Waals surface area contributed by atoms with Crippen molar-refractivity contribution in [3.05, 3.63) is 12.2 Å². The van der Waals surface area contributed by atoms with E-state index >= 15 is 0 Å². The van der Waals surface area contributed by atoms with Gasteiger partial charge in [0.1, 0.15) is 6.10 Å². The normalized spacial score (nSPS) is 52.6. The highest BCUT2D eigenvalue weighted by Gasteiger charge is 2.60. The lowest BCUT2D eigenvalue weighted by molar-refractivity contribution is -0.144. The van der Waals surface area contributed by atoms with Crippen molar-refractivity contribution >= 4 is 11.8 Å². The molecule has 1 saturated carbocycles. The van der Waals surface area contributed by atoms with Crippen molar-refractivity contribution in [3.63, 3.8) is 0 Å². The summed E-state index contributed by atoms with van der Waals surface area (Å²) in [5.74, 6) is -0.627. The van der Waals surface area contributed by atoms with Crippen molar-refractivity contribution in [3.8, 4) is 0 Å². The third-order valence-corrected chi connectivity index (χ3v) is 5.52. The molecule has 7 atom stereocenters. The highest BCUT2D eigenvalue weighted by molar-refractivity contribution is 5.98. The van der Waals surface area contributed by atoms with Gasteiger partial charge < -0.3 is 9.84 Å². The number of allylic oxidation sites excluding steroid dienone is 2. The largest absolute Gasteiger partial charge is 0.462 e. The number of hydrogen-bond donors (Lipinski definition) is 1. The van der Waals surface area contributed by atoms with Crippen LogP contribution in [0, 0.1) is 29.1 Å². The molecule has 3 rings (SSSR count). The molecule has 0 amide bonds. The van der Waals surface area contributed by atoms with Gasteiger partial charge in [0.05, 0.1) is 17.4 Å². The predicted octanol–water partition coefficient (Wildman–Crippen LogP) is 1.33. The third-order valence-electron chi connectivity index (χ3n) is 5.52. The van der Waals surface area contributed by atoms with Crippen molar-refractivity contribution in [2.45, 2.75) is 39.4 Å². The quantitative estimate of drug-likeness (QED) is 0.670. The zero-order valence-electron chi connectivity index (χ0n) is 11.5. The van der Waals surface area contributed by atoms with E-state index in [4.69, 9.17) is 4.74 Å². The number of fused-ring (bicyclic) bond motifs is 2. The summed E-state index contributed by atoms with van der Waals surface area (Å²) in [6.07, 6.45) is 3.15. The molecular weight excluding hydrogens is 244 g/mol. The van der Waals surface area contributed by atoms with Crippen molar-refractivity contribution in [2.75, 3.05) is 0 Å². The van der Waals surface area contributed by atoms with Gasteiger partial charge in [-0.05, 0) is 31.3 Å². The van der Waals surface area contributed by atoms with E-state index in [0.717, 1.165) is 6.42 Å². The summed E-state index contributed by atoms with van der Waals surface area (Å²) >= 11 is 0. The minimum absolute atomic E-state index is 0.0240. The molecule has 0 aromatic rings. The first kappa shape index (κ1) is 12.9. The van der Waals surface area contributed by atoms with Crippen LogP contribution >= 0.6 is 0 Å². The maximum Gasteiger partial charge on any atom is 0.309 e. The molecule has 4 heteroatoms. The fraction of sp³-hybridized carbons (Fsp3) is 0.733. The number of esters is 1. The number of carbonyl (C=O) groups is 2. The van der Waals surface area contributed by atoms with E-state index in [1.54, 1.807) is 13.0 Å². The molecule has 19 heavy (non-hydrogen) atoms. The van der Waals surface area contributed by atoms with Gasteiger partial charge in [0.2, 0.25) is 0 Å². The summed E-state index contributed by atoms with van der Waals surface area (Å²) in [7, 11) is 0. The van der Waals surface area contributed by atoms with E-state index in [2.05, 4.69) is 6.92 Å². The van der Waals surface area contributed by atoms with Crippen molar-refractivity contribution in [1.29, 1.82) is 0 Å². The van der Waals surface area contributed by atoms with Crippen molar-refractivity contribution in [1.82, 2.24) is 0 Å². The van der Waals surface area contributed by atoms with Crippen LogP contribution in [0.3, 0.4) is 0 Å². The van der Waals surface area contributed by atoms with Gasteiger partial charge in [-0.3, -0.25) is 9.59 Å². The highest BCUT2D eigenvalue weighted by atomic mass is 16.6. The zero-order chi connectivity index (χ0) is 13.9. The van der Waals surface area contributed by atoms with Gasteiger partial charge in [-0.1, -0.05) is 19.9 Å². The van der Waals surface area contributed by atoms with E-state index in [1.807, 2.05) is 13.0 Å². The van der Waals surface area contributed by atoms with Crippen molar-refractivity contribution in [2.24, 2.45) is 29.1 Å². The molecule has 0 radical (unpaired) electrons. The van der Waals surface area contributed by atoms with Crippen LogP contribution in [0.5, 0.6) is 0 Å². The maximum atomic E-state index is 12.2. The lowest BCUT2D eigenvalue weighted by atomic mass is 9.67. The van der Waals surface area contributed by atoms with E-state index in [-0.39, 0.29) is 41.5 Å². The van der Waals surface area contributed by atoms with Gasteiger partial charge >= 0.3 is 5.97 Å². The molecule has 0 aromatic heterocycles. The number of hydrogen-bond acceptors (Lipinski definition) is 4. The zero-order valence-corrected chi connectivity index (χ0v) is 11.5. The summed E-state index contributed by atoms with van der Waals surface area (Å²) in [6, 6.07) is 0. The first-order valence-corrected chi connectivity index (χ1v) is 6.98. The van der Waals surface area contributed by atoms with E-state index in [0.29, 0.717) is 0 Å². The fourth-order valence-corrected chi connectivity index (χ4v) is 4.27. The number of ether oxygens (including phenoxy) is 1. The van der Waals surface area contributed by atoms with Crippen LogP contribution in [-0.4, -0.2) is 29.1 Å². The minimum atomic E-state index is -0.823. The van der Waals surface area contributed by atoms with Crippen LogP contribution in [-0.2, 0) is 14.3 Å². The Labute approximate surface area is 112 Å². The lowest BCUT2D eigenvalue weighted by Gasteiger charge is -2.37. The number of rotatable bonds is 0. The Hall–Kier alpha value is -1.16. The molecule has 1 aliphatic heterocycles. The molecule has 104 valence electrons. The Kier molecular flexibility index (Phi) is 2.65. The SMILES string of the molecule is C[C@@H]1C(=O)O[C@@H]2C[C@H](C)[C@H]3C=CC(=O)[C@@]3(C)[C@@H](O)[C@H]12. The highest BCUT2D eigenvalue weighted by Crippen LogP contribution is 2.53. The Balaban J connectivity index is 2.06. The van der Waals surface area contributed by atoms with Gasteiger partial charge in [-0.15, -0.1) is 0 Å².